The van der Waals surface area contributed by atoms with Crippen molar-refractivity contribution in [3.05, 3.63) is 23.5 Å². The fourth-order valence-corrected chi connectivity index (χ4v) is 3.38. The molecule has 2 heterocycles. The Labute approximate surface area is 172 Å². The highest BCUT2D eigenvalue weighted by Crippen LogP contribution is 2.17. The van der Waals surface area contributed by atoms with E-state index in [1.807, 2.05) is 20.8 Å². The molecular formula is C21H33N3O5. The number of pyridine rings is 1. The van der Waals surface area contributed by atoms with E-state index in [9.17, 15) is 14.7 Å². The average Bonchev–Trinajstić information content (AvgIpc) is 2.62. The summed E-state index contributed by atoms with van der Waals surface area (Å²) in [5, 5.41) is 21.5. The normalized spacial score (nSPS) is 15.8. The first-order valence-electron chi connectivity index (χ1n) is 10.3. The van der Waals surface area contributed by atoms with Crippen LogP contribution in [0.2, 0.25) is 0 Å². The van der Waals surface area contributed by atoms with Gasteiger partial charge in [0.2, 0.25) is 0 Å². The minimum atomic E-state index is -1.21. The van der Waals surface area contributed by atoms with Crippen LogP contribution in [0.15, 0.2) is 12.1 Å². The Bertz CT molecular complexity index is 694. The van der Waals surface area contributed by atoms with Gasteiger partial charge in [-0.3, -0.25) is 0 Å². The standard InChI is InChI=1S/C21H33N3O5/c1-21(2,3)29-20(28)23-16-10-13-24(14-11-16)12-6-4-5-7-15-8-9-17(25)18(22-15)19(26)27/h8-9,16,25H,4-7,10-14H2,1-3H3,(H,23,28)(H,26,27). The lowest BCUT2D eigenvalue weighted by Gasteiger charge is -2.32. The van der Waals surface area contributed by atoms with Crippen LogP contribution >= 0.6 is 0 Å². The minimum Gasteiger partial charge on any atom is -0.505 e. The van der Waals surface area contributed by atoms with Gasteiger partial charge >= 0.3 is 12.1 Å². The molecule has 162 valence electrons. The van der Waals surface area contributed by atoms with Crippen LogP contribution in [0.25, 0.3) is 0 Å². The molecular weight excluding hydrogens is 374 g/mol. The Morgan fingerprint density at radius 1 is 1.21 bits per heavy atom. The molecule has 1 amide bonds. The van der Waals surface area contributed by atoms with Gasteiger partial charge in [-0.15, -0.1) is 0 Å². The maximum absolute atomic E-state index is 11.8. The van der Waals surface area contributed by atoms with E-state index in [4.69, 9.17) is 9.84 Å². The Morgan fingerprint density at radius 2 is 1.90 bits per heavy atom. The van der Waals surface area contributed by atoms with E-state index in [1.165, 1.54) is 6.07 Å². The van der Waals surface area contributed by atoms with E-state index in [0.717, 1.165) is 51.7 Å². The second-order valence-electron chi connectivity index (χ2n) is 8.55. The molecule has 0 aliphatic carbocycles. The number of aromatic nitrogens is 1. The van der Waals surface area contributed by atoms with Crippen LogP contribution < -0.4 is 5.32 Å². The van der Waals surface area contributed by atoms with Gasteiger partial charge < -0.3 is 25.2 Å². The molecule has 8 nitrogen and oxygen atoms in total. The second kappa shape index (κ2) is 10.4. The number of carbonyl (C=O) groups is 2. The summed E-state index contributed by atoms with van der Waals surface area (Å²) in [5.74, 6) is -1.51. The first-order valence-corrected chi connectivity index (χ1v) is 10.3. The van der Waals surface area contributed by atoms with E-state index >= 15 is 0 Å². The maximum atomic E-state index is 11.8. The van der Waals surface area contributed by atoms with Crippen LogP contribution in [-0.2, 0) is 11.2 Å². The number of hydrogen-bond acceptors (Lipinski definition) is 6. The number of likely N-dealkylation sites (tertiary alicyclic amines) is 1. The third kappa shape index (κ3) is 8.27. The molecule has 0 aromatic carbocycles. The summed E-state index contributed by atoms with van der Waals surface area (Å²) >= 11 is 0. The minimum absolute atomic E-state index is 0.171. The highest BCUT2D eigenvalue weighted by Gasteiger charge is 2.23. The molecule has 0 unspecified atom stereocenters. The van der Waals surface area contributed by atoms with Gasteiger partial charge in [-0.05, 0) is 71.6 Å². The largest absolute Gasteiger partial charge is 0.505 e. The Morgan fingerprint density at radius 3 is 2.52 bits per heavy atom. The lowest BCUT2D eigenvalue weighted by atomic mass is 10.0. The summed E-state index contributed by atoms with van der Waals surface area (Å²) in [6.07, 6.45) is 5.22. The predicted octanol–water partition coefficient (Wildman–Crippen LogP) is 3.19. The number of aromatic hydroxyl groups is 1. The number of carboxylic acids is 1. The summed E-state index contributed by atoms with van der Waals surface area (Å²) < 4.78 is 5.31. The number of piperidine rings is 1. The van der Waals surface area contributed by atoms with Gasteiger partial charge in [0.15, 0.2) is 5.69 Å². The van der Waals surface area contributed by atoms with Crippen molar-refractivity contribution in [2.24, 2.45) is 0 Å². The number of nitrogens with zero attached hydrogens (tertiary/aromatic N) is 2. The van der Waals surface area contributed by atoms with Crippen molar-refractivity contribution in [2.75, 3.05) is 19.6 Å². The van der Waals surface area contributed by atoms with E-state index in [0.29, 0.717) is 12.1 Å². The van der Waals surface area contributed by atoms with Gasteiger partial charge in [0.05, 0.1) is 0 Å². The number of alkyl carbamates (subject to hydrolysis) is 1. The highest BCUT2D eigenvalue weighted by atomic mass is 16.6. The summed E-state index contributed by atoms with van der Waals surface area (Å²) in [5.41, 5.74) is -0.0742. The Hall–Kier alpha value is -2.35. The zero-order valence-electron chi connectivity index (χ0n) is 17.6. The molecule has 1 fully saturated rings. The third-order valence-corrected chi connectivity index (χ3v) is 4.85. The Kier molecular flexibility index (Phi) is 8.25. The topological polar surface area (TPSA) is 112 Å². The summed E-state index contributed by atoms with van der Waals surface area (Å²) in [6.45, 7) is 8.51. The van der Waals surface area contributed by atoms with Crippen molar-refractivity contribution in [1.29, 1.82) is 0 Å². The Balaban J connectivity index is 1.60. The van der Waals surface area contributed by atoms with Crippen LogP contribution in [0.3, 0.4) is 0 Å². The molecule has 1 aromatic heterocycles. The number of unbranched alkanes of at least 4 members (excludes halogenated alkanes) is 2. The van der Waals surface area contributed by atoms with Crippen LogP contribution in [0.1, 0.15) is 69.1 Å². The highest BCUT2D eigenvalue weighted by molar-refractivity contribution is 5.88. The van der Waals surface area contributed by atoms with Crippen LogP contribution in [0.4, 0.5) is 4.79 Å². The molecule has 0 radical (unpaired) electrons. The first-order chi connectivity index (χ1) is 13.6. The molecule has 0 saturated carbocycles. The predicted molar refractivity (Wildman–Crippen MR) is 109 cm³/mol. The summed E-state index contributed by atoms with van der Waals surface area (Å²) in [6, 6.07) is 3.23. The molecule has 3 N–H and O–H groups in total. The van der Waals surface area contributed by atoms with E-state index in [1.54, 1.807) is 6.07 Å². The van der Waals surface area contributed by atoms with Gasteiger partial charge in [-0.25, -0.2) is 14.6 Å². The average molecular weight is 408 g/mol. The van der Waals surface area contributed by atoms with E-state index in [-0.39, 0.29) is 23.6 Å². The molecule has 0 spiro atoms. The second-order valence-corrected chi connectivity index (χ2v) is 8.55. The SMILES string of the molecule is CC(C)(C)OC(=O)NC1CCN(CCCCCc2ccc(O)c(C(=O)O)n2)CC1. The summed E-state index contributed by atoms with van der Waals surface area (Å²) in [4.78, 5) is 29.3. The number of aromatic carboxylic acids is 1. The van der Waals surface area contributed by atoms with E-state index < -0.39 is 11.6 Å². The van der Waals surface area contributed by atoms with Crippen LogP contribution in [-0.4, -0.2) is 63.4 Å². The van der Waals surface area contributed by atoms with Gasteiger partial charge in [-0.1, -0.05) is 6.42 Å². The summed E-state index contributed by atoms with van der Waals surface area (Å²) in [7, 11) is 0. The van der Waals surface area contributed by atoms with Crippen molar-refractivity contribution in [2.45, 2.75) is 70.9 Å². The van der Waals surface area contributed by atoms with E-state index in [2.05, 4.69) is 15.2 Å². The third-order valence-electron chi connectivity index (χ3n) is 4.85. The maximum Gasteiger partial charge on any atom is 0.407 e. The number of carbonyl (C=O) groups excluding carboxylic acids is 1. The lowest BCUT2D eigenvalue weighted by molar-refractivity contribution is 0.0478. The van der Waals surface area contributed by atoms with Crippen molar-refractivity contribution in [3.8, 4) is 5.75 Å². The van der Waals surface area contributed by atoms with Crippen molar-refractivity contribution in [3.63, 3.8) is 0 Å². The molecule has 1 aliphatic rings. The number of rotatable bonds is 8. The number of ether oxygens (including phenoxy) is 1. The number of aryl methyl sites for hydroxylation is 1. The van der Waals surface area contributed by atoms with Crippen LogP contribution in [0.5, 0.6) is 5.75 Å². The molecule has 2 rings (SSSR count). The fourth-order valence-electron chi connectivity index (χ4n) is 3.38. The van der Waals surface area contributed by atoms with Gasteiger partial charge in [-0.2, -0.15) is 0 Å². The monoisotopic (exact) mass is 407 g/mol. The number of nitrogens with one attached hydrogen (secondary N) is 1. The lowest BCUT2D eigenvalue weighted by Crippen LogP contribution is -2.46. The van der Waals surface area contributed by atoms with Crippen molar-refractivity contribution >= 4 is 12.1 Å². The van der Waals surface area contributed by atoms with Gasteiger partial charge in [0, 0.05) is 24.8 Å². The van der Waals surface area contributed by atoms with Crippen molar-refractivity contribution in [1.82, 2.24) is 15.2 Å². The van der Waals surface area contributed by atoms with Gasteiger partial charge in [0.25, 0.3) is 0 Å². The van der Waals surface area contributed by atoms with Crippen LogP contribution in [0, 0.1) is 0 Å². The van der Waals surface area contributed by atoms with Gasteiger partial charge in [0.1, 0.15) is 11.4 Å². The quantitative estimate of drug-likeness (QED) is 0.567. The molecule has 0 bridgehead atoms. The number of carboxylic acid groups (broad SMARTS) is 1. The zero-order chi connectivity index (χ0) is 21.4. The first kappa shape index (κ1) is 22.9. The molecule has 1 saturated heterocycles. The smallest absolute Gasteiger partial charge is 0.407 e. The molecule has 1 aromatic rings. The van der Waals surface area contributed by atoms with Crippen molar-refractivity contribution < 1.29 is 24.5 Å². The zero-order valence-corrected chi connectivity index (χ0v) is 17.6. The number of amides is 1. The number of hydrogen-bond donors (Lipinski definition) is 3. The molecule has 8 heteroatoms. The molecule has 0 atom stereocenters. The fraction of sp³-hybridized carbons (Fsp3) is 0.667. The molecule has 1 aliphatic heterocycles. The molecule has 29 heavy (non-hydrogen) atoms.